The first-order valence-corrected chi connectivity index (χ1v) is 13.3. The van der Waals surface area contributed by atoms with E-state index in [0.717, 1.165) is 26.2 Å². The van der Waals surface area contributed by atoms with E-state index in [4.69, 9.17) is 46.4 Å². The smallest absolute Gasteiger partial charge is 0.871 e. The second-order valence-corrected chi connectivity index (χ2v) is 10.3. The van der Waals surface area contributed by atoms with Crippen molar-refractivity contribution in [1.29, 1.82) is 0 Å². The number of hydrogen-bond donors (Lipinski definition) is 0. The van der Waals surface area contributed by atoms with Crippen LogP contribution in [0.15, 0.2) is 24.3 Å². The summed E-state index contributed by atoms with van der Waals surface area (Å²) in [6.45, 7) is 14.4. The fraction of sp³-hybridized carbons (Fsp3) is 0.538. The van der Waals surface area contributed by atoms with Crippen LogP contribution in [0.4, 0.5) is 0 Å². The van der Waals surface area contributed by atoms with Gasteiger partial charge in [-0.15, -0.1) is 12.2 Å². The van der Waals surface area contributed by atoms with Crippen molar-refractivity contribution in [2.45, 2.75) is 66.8 Å². The van der Waals surface area contributed by atoms with Crippen LogP contribution in [0.5, 0.6) is 11.5 Å². The van der Waals surface area contributed by atoms with Crippen molar-refractivity contribution < 1.29 is 42.1 Å². The number of rotatable bonds is 9. The Labute approximate surface area is 257 Å². The molecule has 0 aliphatic rings. The Kier molecular flexibility index (Phi) is 21.7. The third kappa shape index (κ3) is 17.1. The molecule has 2 aromatic carbocycles. The summed E-state index contributed by atoms with van der Waals surface area (Å²) in [6, 6.07) is 6.24. The van der Waals surface area contributed by atoms with Gasteiger partial charge in [0, 0.05) is 46.3 Å². The maximum Gasteiger partial charge on any atom is 4.00 e. The average molecular weight is 630 g/mol. The molecule has 0 unspecified atom stereocenters. The van der Waals surface area contributed by atoms with Crippen molar-refractivity contribution in [2.24, 2.45) is 0 Å². The average Bonchev–Trinajstić information content (AvgIpc) is 2.75. The second kappa shape index (κ2) is 20.6. The molecule has 206 valence electrons. The van der Waals surface area contributed by atoms with Crippen LogP contribution in [0.1, 0.15) is 52.7 Å². The summed E-state index contributed by atoms with van der Waals surface area (Å²) in [6.07, 6.45) is -0.833. The normalized spacial score (nSPS) is 10.7. The van der Waals surface area contributed by atoms with Gasteiger partial charge in [-0.25, -0.2) is 0 Å². The summed E-state index contributed by atoms with van der Waals surface area (Å²) in [7, 11) is 0. The minimum Gasteiger partial charge on any atom is -0.871 e. The predicted molar refractivity (Wildman–Crippen MR) is 144 cm³/mol. The van der Waals surface area contributed by atoms with E-state index < -0.39 is 12.2 Å². The van der Waals surface area contributed by atoms with Gasteiger partial charge in [0.05, 0.1) is 0 Å². The minimum atomic E-state index is -0.417. The summed E-state index contributed by atoms with van der Waals surface area (Å²) in [5.41, 5.74) is 1.15. The fourth-order valence-corrected chi connectivity index (χ4v) is 4.00. The summed E-state index contributed by atoms with van der Waals surface area (Å²) >= 11 is 24.0. The van der Waals surface area contributed by atoms with Gasteiger partial charge in [-0.1, -0.05) is 99.4 Å². The molecule has 0 saturated carbocycles. The Hall–Kier alpha value is -0.246. The van der Waals surface area contributed by atoms with Crippen molar-refractivity contribution >= 4 is 46.4 Å². The van der Waals surface area contributed by atoms with Crippen molar-refractivity contribution in [3.8, 4) is 11.5 Å². The first-order valence-electron chi connectivity index (χ1n) is 11.8. The van der Waals surface area contributed by atoms with Gasteiger partial charge < -0.3 is 20.4 Å². The van der Waals surface area contributed by atoms with Gasteiger partial charge in [0.1, 0.15) is 0 Å². The Morgan fingerprint density at radius 1 is 0.649 bits per heavy atom. The zero-order valence-electron chi connectivity index (χ0n) is 22.2. The zero-order chi connectivity index (χ0) is 28.0. The van der Waals surface area contributed by atoms with Gasteiger partial charge in [-0.3, -0.25) is 9.80 Å². The van der Waals surface area contributed by atoms with Crippen LogP contribution in [-0.4, -0.2) is 48.2 Å². The number of benzene rings is 2. The van der Waals surface area contributed by atoms with Gasteiger partial charge in [0.25, 0.3) is 0 Å². The molecule has 0 N–H and O–H groups in total. The summed E-state index contributed by atoms with van der Waals surface area (Å²) in [5, 5.41) is 44.7. The van der Waals surface area contributed by atoms with E-state index in [9.17, 15) is 20.4 Å². The quantitative estimate of drug-likeness (QED) is 0.384. The molecular formula is C26H36Cl4N2O4Ti. The van der Waals surface area contributed by atoms with Crippen LogP contribution in [0.25, 0.3) is 0 Å². The van der Waals surface area contributed by atoms with E-state index in [0.29, 0.717) is 34.3 Å². The Balaban J connectivity index is 0. The van der Waals surface area contributed by atoms with Crippen LogP contribution >= 0.6 is 46.4 Å². The van der Waals surface area contributed by atoms with Crippen LogP contribution in [0.2, 0.25) is 20.1 Å². The van der Waals surface area contributed by atoms with Crippen LogP contribution in [0.3, 0.4) is 0 Å². The molecular weight excluding hydrogens is 594 g/mol. The third-order valence-electron chi connectivity index (χ3n) is 4.59. The fourth-order valence-electron chi connectivity index (χ4n) is 2.92. The zero-order valence-corrected chi connectivity index (χ0v) is 26.8. The standard InChI is InChI=1S/C20H24Cl4N2O2.2C3H7O.Ti/c1-3-25(11-13-7-15(21)9-17(23)19(13)27)5-6-26(4-2)12-14-8-16(22)10-18(24)20(14)28;2*1-3(2)4;/h7-10,27-28H,3-6,11-12H2,1-2H3;2*3H,1-2H3;/q;2*-1;+4/p-2. The molecule has 0 amide bonds. The molecule has 0 radical (unpaired) electrons. The maximum atomic E-state index is 12.2. The monoisotopic (exact) mass is 628 g/mol. The van der Waals surface area contributed by atoms with Crippen LogP contribution in [-0.2, 0) is 34.8 Å². The van der Waals surface area contributed by atoms with Gasteiger partial charge >= 0.3 is 21.7 Å². The summed E-state index contributed by atoms with van der Waals surface area (Å²) < 4.78 is 0. The largest absolute Gasteiger partial charge is 4.00 e. The van der Waals surface area contributed by atoms with E-state index in [1.807, 2.05) is 13.8 Å². The van der Waals surface area contributed by atoms with Crippen LogP contribution < -0.4 is 20.4 Å². The minimum absolute atomic E-state index is 0. The third-order valence-corrected chi connectivity index (χ3v) is 5.58. The number of hydrogen-bond acceptors (Lipinski definition) is 6. The van der Waals surface area contributed by atoms with E-state index >= 15 is 0 Å². The number of nitrogens with zero attached hydrogens (tertiary/aromatic N) is 2. The van der Waals surface area contributed by atoms with Crippen molar-refractivity contribution in [3.63, 3.8) is 0 Å². The molecule has 0 aliphatic carbocycles. The van der Waals surface area contributed by atoms with Crippen LogP contribution in [0, 0.1) is 0 Å². The van der Waals surface area contributed by atoms with Gasteiger partial charge in [0.15, 0.2) is 0 Å². The van der Waals surface area contributed by atoms with E-state index in [-0.39, 0.29) is 43.3 Å². The van der Waals surface area contributed by atoms with Crippen molar-refractivity contribution in [2.75, 3.05) is 26.2 Å². The number of halogens is 4. The Bertz CT molecular complexity index is 842. The molecule has 2 aromatic rings. The molecule has 6 nitrogen and oxygen atoms in total. The topological polar surface area (TPSA) is 98.7 Å². The molecule has 0 bridgehead atoms. The molecule has 0 fully saturated rings. The van der Waals surface area contributed by atoms with E-state index in [1.165, 1.54) is 12.1 Å². The van der Waals surface area contributed by atoms with Crippen molar-refractivity contribution in [1.82, 2.24) is 9.80 Å². The summed E-state index contributed by atoms with van der Waals surface area (Å²) in [4.78, 5) is 4.27. The van der Waals surface area contributed by atoms with Gasteiger partial charge in [-0.2, -0.15) is 0 Å². The Morgan fingerprint density at radius 2 is 0.919 bits per heavy atom. The van der Waals surface area contributed by atoms with Crippen molar-refractivity contribution in [3.05, 3.63) is 55.5 Å². The second-order valence-electron chi connectivity index (χ2n) is 8.59. The Morgan fingerprint density at radius 3 is 1.16 bits per heavy atom. The maximum absolute atomic E-state index is 12.2. The van der Waals surface area contributed by atoms with Gasteiger partial charge in [-0.05, 0) is 48.5 Å². The molecule has 0 aliphatic heterocycles. The first-order chi connectivity index (χ1) is 16.7. The molecule has 0 aromatic heterocycles. The van der Waals surface area contributed by atoms with E-state index in [1.54, 1.807) is 39.8 Å². The molecule has 0 spiro atoms. The molecule has 2 rings (SSSR count). The molecule has 0 saturated heterocycles. The summed E-state index contributed by atoms with van der Waals surface area (Å²) in [5.74, 6) is -0.386. The SMILES string of the molecule is CC(C)[O-].CC(C)[O-].CCN(CCN(CC)Cc1cc(Cl)cc(Cl)c1[O-])Cc1cc(Cl)cc(Cl)c1[O-].[Ti+4]. The molecule has 37 heavy (non-hydrogen) atoms. The first kappa shape index (κ1) is 38.9. The molecule has 0 atom stereocenters. The number of likely N-dealkylation sites (N-methyl/N-ethyl adjacent to an activating group) is 2. The molecule has 0 heterocycles. The van der Waals surface area contributed by atoms with Gasteiger partial charge in [0.2, 0.25) is 0 Å². The molecule has 11 heteroatoms. The predicted octanol–water partition coefficient (Wildman–Crippen LogP) is 4.30. The van der Waals surface area contributed by atoms with E-state index in [2.05, 4.69) is 9.80 Å².